The first kappa shape index (κ1) is 20.0. The maximum atomic E-state index is 12.8. The molecule has 2 aromatic heterocycles. The van der Waals surface area contributed by atoms with Crippen molar-refractivity contribution in [2.45, 2.75) is 19.5 Å². The monoisotopic (exact) mass is 448 g/mol. The highest BCUT2D eigenvalue weighted by Crippen LogP contribution is 2.30. The zero-order chi connectivity index (χ0) is 21.4. The summed E-state index contributed by atoms with van der Waals surface area (Å²) in [6, 6.07) is 19.6. The van der Waals surface area contributed by atoms with Crippen molar-refractivity contribution in [3.05, 3.63) is 92.2 Å². The lowest BCUT2D eigenvalue weighted by molar-refractivity contribution is 0.244. The van der Waals surface area contributed by atoms with E-state index >= 15 is 0 Å². The van der Waals surface area contributed by atoms with E-state index in [4.69, 9.17) is 22.3 Å². The fraction of sp³-hybridized carbons (Fsp3) is 0.167. The van der Waals surface area contributed by atoms with Gasteiger partial charge in [-0.25, -0.2) is 4.98 Å². The molecule has 3 heterocycles. The first-order chi connectivity index (χ1) is 15.0. The number of nitrogens with one attached hydrogen (secondary N) is 1. The van der Waals surface area contributed by atoms with E-state index in [0.29, 0.717) is 18.1 Å². The van der Waals surface area contributed by atoms with Gasteiger partial charge < -0.3 is 10.7 Å². The van der Waals surface area contributed by atoms with Crippen molar-refractivity contribution in [2.24, 2.45) is 0 Å². The minimum atomic E-state index is -0.0606. The third-order valence-electron chi connectivity index (χ3n) is 5.50. The van der Waals surface area contributed by atoms with Crippen LogP contribution in [0, 0.1) is 0 Å². The van der Waals surface area contributed by atoms with Gasteiger partial charge in [0.2, 0.25) is 0 Å². The summed E-state index contributed by atoms with van der Waals surface area (Å²) >= 11 is 7.77. The molecule has 5 nitrogen and oxygen atoms in total. The Kier molecular flexibility index (Phi) is 5.36. The molecule has 0 spiro atoms. The number of aromatic amines is 1. The number of fused-ring (bicyclic) bond motifs is 1. The molecule has 156 valence electrons. The molecule has 0 bridgehead atoms. The van der Waals surface area contributed by atoms with Crippen LogP contribution in [0.5, 0.6) is 0 Å². The van der Waals surface area contributed by atoms with Crippen LogP contribution >= 0.6 is 22.9 Å². The zero-order valence-corrected chi connectivity index (χ0v) is 18.3. The van der Waals surface area contributed by atoms with Crippen molar-refractivity contribution in [1.82, 2.24) is 14.9 Å². The molecule has 7 heteroatoms. The van der Waals surface area contributed by atoms with Crippen molar-refractivity contribution < 1.29 is 0 Å². The minimum Gasteiger partial charge on any atom is -0.399 e. The van der Waals surface area contributed by atoms with Gasteiger partial charge in [-0.05, 0) is 54.1 Å². The number of nitrogens with two attached hydrogens (primary N) is 1. The molecule has 31 heavy (non-hydrogen) atoms. The smallest absolute Gasteiger partial charge is 0.255 e. The molecule has 0 unspecified atom stereocenters. The van der Waals surface area contributed by atoms with Crippen LogP contribution in [0.3, 0.4) is 0 Å². The van der Waals surface area contributed by atoms with Crippen LogP contribution in [0.1, 0.15) is 16.1 Å². The number of nitrogens with zero attached hydrogens (tertiary/aromatic N) is 2. The molecule has 0 fully saturated rings. The molecule has 1 aliphatic rings. The lowest BCUT2D eigenvalue weighted by atomic mass is 10.1. The Labute approximate surface area is 189 Å². The number of nitrogen functional groups attached to an aromatic ring is 1. The number of aromatic nitrogens is 2. The number of hydrogen-bond donors (Lipinski definition) is 2. The average molecular weight is 449 g/mol. The zero-order valence-electron chi connectivity index (χ0n) is 16.8. The molecule has 1 aliphatic heterocycles. The van der Waals surface area contributed by atoms with Crippen molar-refractivity contribution >= 4 is 28.6 Å². The average Bonchev–Trinajstić information content (AvgIpc) is 3.23. The third-order valence-corrected chi connectivity index (χ3v) is 6.87. The van der Waals surface area contributed by atoms with E-state index < -0.39 is 0 Å². The van der Waals surface area contributed by atoms with Gasteiger partial charge in [0, 0.05) is 52.1 Å². The Bertz CT molecular complexity index is 1280. The lowest BCUT2D eigenvalue weighted by Gasteiger charge is -2.27. The summed E-state index contributed by atoms with van der Waals surface area (Å²) in [6.07, 6.45) is 0.761. The number of H-pyrrole nitrogens is 1. The SMILES string of the molecule is Nc1ccc(-c2nc3c(c(=O)[nH]2)CN(Cc2ccc(-c4ccc(Cl)cc4)s2)CC3)cc1. The molecule has 4 aromatic rings. The highest BCUT2D eigenvalue weighted by atomic mass is 35.5. The van der Waals surface area contributed by atoms with Gasteiger partial charge in [-0.3, -0.25) is 9.69 Å². The van der Waals surface area contributed by atoms with E-state index in [1.165, 1.54) is 15.3 Å². The van der Waals surface area contributed by atoms with Gasteiger partial charge in [-0.1, -0.05) is 23.7 Å². The van der Waals surface area contributed by atoms with Gasteiger partial charge in [-0.2, -0.15) is 0 Å². The number of halogens is 1. The summed E-state index contributed by atoms with van der Waals surface area (Å²) < 4.78 is 0. The molecule has 0 aliphatic carbocycles. The normalized spacial score (nSPS) is 13.8. The Balaban J connectivity index is 1.32. The van der Waals surface area contributed by atoms with E-state index in [-0.39, 0.29) is 5.56 Å². The number of rotatable bonds is 4. The first-order valence-corrected chi connectivity index (χ1v) is 11.3. The number of anilines is 1. The molecule has 0 saturated carbocycles. The van der Waals surface area contributed by atoms with E-state index in [2.05, 4.69) is 22.0 Å². The summed E-state index contributed by atoms with van der Waals surface area (Å²) in [5, 5.41) is 0.742. The maximum absolute atomic E-state index is 12.8. The standard InChI is InChI=1S/C24H21ClN4OS/c25-17-5-1-15(2-6-17)22-10-9-19(31-22)13-29-12-11-21-20(14-29)24(30)28-23(27-21)16-3-7-18(26)8-4-16/h1-10H,11-14,26H2,(H,27,28,30). The highest BCUT2D eigenvalue weighted by molar-refractivity contribution is 7.15. The van der Waals surface area contributed by atoms with Crippen LogP contribution < -0.4 is 11.3 Å². The molecule has 5 rings (SSSR count). The van der Waals surface area contributed by atoms with Crippen molar-refractivity contribution in [3.63, 3.8) is 0 Å². The van der Waals surface area contributed by atoms with Gasteiger partial charge in [0.1, 0.15) is 5.82 Å². The van der Waals surface area contributed by atoms with Crippen LogP contribution in [-0.2, 0) is 19.5 Å². The van der Waals surface area contributed by atoms with Gasteiger partial charge in [0.25, 0.3) is 5.56 Å². The second-order valence-corrected chi connectivity index (χ2v) is 9.30. The van der Waals surface area contributed by atoms with Gasteiger partial charge in [-0.15, -0.1) is 11.3 Å². The second-order valence-electron chi connectivity index (χ2n) is 7.70. The Morgan fingerprint density at radius 2 is 1.77 bits per heavy atom. The molecular formula is C24H21ClN4OS. The molecule has 2 aromatic carbocycles. The van der Waals surface area contributed by atoms with Gasteiger partial charge in [0.05, 0.1) is 11.3 Å². The number of thiophene rings is 1. The predicted octanol–water partition coefficient (Wildman–Crippen LogP) is 4.96. The Hall–Kier alpha value is -2.93. The second kappa shape index (κ2) is 8.30. The maximum Gasteiger partial charge on any atom is 0.255 e. The molecule has 0 saturated heterocycles. The highest BCUT2D eigenvalue weighted by Gasteiger charge is 2.22. The quantitative estimate of drug-likeness (QED) is 0.433. The van der Waals surface area contributed by atoms with Crippen molar-refractivity contribution in [2.75, 3.05) is 12.3 Å². The van der Waals surface area contributed by atoms with E-state index in [0.717, 1.165) is 41.4 Å². The van der Waals surface area contributed by atoms with Gasteiger partial charge >= 0.3 is 0 Å². The molecular weight excluding hydrogens is 428 g/mol. The van der Waals surface area contributed by atoms with Crippen LogP contribution in [0.25, 0.3) is 21.8 Å². The third kappa shape index (κ3) is 4.28. The van der Waals surface area contributed by atoms with Crippen molar-refractivity contribution in [1.29, 1.82) is 0 Å². The molecule has 0 atom stereocenters. The minimum absolute atomic E-state index is 0.0606. The number of benzene rings is 2. The summed E-state index contributed by atoms with van der Waals surface area (Å²) in [7, 11) is 0. The number of hydrogen-bond acceptors (Lipinski definition) is 5. The summed E-state index contributed by atoms with van der Waals surface area (Å²) in [5.74, 6) is 0.600. The molecule has 0 radical (unpaired) electrons. The van der Waals surface area contributed by atoms with Crippen LogP contribution in [0.4, 0.5) is 5.69 Å². The first-order valence-electron chi connectivity index (χ1n) is 10.1. The van der Waals surface area contributed by atoms with Crippen molar-refractivity contribution in [3.8, 4) is 21.8 Å². The molecule has 0 amide bonds. The summed E-state index contributed by atoms with van der Waals surface area (Å²) in [5.41, 5.74) is 10.1. The fourth-order valence-electron chi connectivity index (χ4n) is 3.85. The van der Waals surface area contributed by atoms with Gasteiger partial charge in [0.15, 0.2) is 0 Å². The summed E-state index contributed by atoms with van der Waals surface area (Å²) in [4.78, 5) is 25.3. The predicted molar refractivity (Wildman–Crippen MR) is 127 cm³/mol. The van der Waals surface area contributed by atoms with Crippen LogP contribution in [0.15, 0.2) is 65.5 Å². The largest absolute Gasteiger partial charge is 0.399 e. The lowest BCUT2D eigenvalue weighted by Crippen LogP contribution is -2.35. The van der Waals surface area contributed by atoms with Crippen LogP contribution in [0.2, 0.25) is 5.02 Å². The van der Waals surface area contributed by atoms with E-state index in [1.807, 2.05) is 48.5 Å². The van der Waals surface area contributed by atoms with Crippen LogP contribution in [-0.4, -0.2) is 21.4 Å². The van der Waals surface area contributed by atoms with E-state index in [1.54, 1.807) is 11.3 Å². The fourth-order valence-corrected chi connectivity index (χ4v) is 5.03. The summed E-state index contributed by atoms with van der Waals surface area (Å²) in [6.45, 7) is 2.30. The van der Waals surface area contributed by atoms with E-state index in [9.17, 15) is 4.79 Å². The topological polar surface area (TPSA) is 75.0 Å². The molecule has 3 N–H and O–H groups in total. The Morgan fingerprint density at radius 1 is 1.03 bits per heavy atom. The Morgan fingerprint density at radius 3 is 2.55 bits per heavy atom.